The molecule has 2 aromatic rings. The van der Waals surface area contributed by atoms with Crippen molar-refractivity contribution < 1.29 is 8.42 Å². The SMILES string of the molecule is CCNC(=NCCCn1nc2n(c1=O)CCCC2)NCCc1ccc(S(C)(=O)=O)cc1. The van der Waals surface area contributed by atoms with Gasteiger partial charge >= 0.3 is 5.69 Å². The predicted molar refractivity (Wildman–Crippen MR) is 121 cm³/mol. The molecule has 2 heterocycles. The summed E-state index contributed by atoms with van der Waals surface area (Å²) in [5.74, 6) is 1.63. The molecule has 1 aromatic carbocycles. The average Bonchev–Trinajstić information content (AvgIpc) is 3.07. The van der Waals surface area contributed by atoms with Crippen LogP contribution < -0.4 is 16.3 Å². The van der Waals surface area contributed by atoms with Gasteiger partial charge in [-0.3, -0.25) is 9.56 Å². The summed E-state index contributed by atoms with van der Waals surface area (Å²) in [6.45, 7) is 5.37. The van der Waals surface area contributed by atoms with E-state index in [0.29, 0.717) is 24.5 Å². The van der Waals surface area contributed by atoms with Gasteiger partial charge in [-0.25, -0.2) is 17.9 Å². The summed E-state index contributed by atoms with van der Waals surface area (Å²) in [4.78, 5) is 17.3. The van der Waals surface area contributed by atoms with Crippen molar-refractivity contribution in [1.29, 1.82) is 0 Å². The van der Waals surface area contributed by atoms with E-state index >= 15 is 0 Å². The Morgan fingerprint density at radius 1 is 1.19 bits per heavy atom. The van der Waals surface area contributed by atoms with Gasteiger partial charge in [-0.15, -0.1) is 0 Å². The van der Waals surface area contributed by atoms with Gasteiger partial charge in [-0.1, -0.05) is 12.1 Å². The highest BCUT2D eigenvalue weighted by molar-refractivity contribution is 7.90. The first-order valence-electron chi connectivity index (χ1n) is 10.9. The molecule has 0 fully saturated rings. The van der Waals surface area contributed by atoms with Crippen molar-refractivity contribution in [2.75, 3.05) is 25.9 Å². The zero-order valence-corrected chi connectivity index (χ0v) is 19.1. The third kappa shape index (κ3) is 6.43. The Morgan fingerprint density at radius 2 is 1.97 bits per heavy atom. The second-order valence-electron chi connectivity index (χ2n) is 7.74. The van der Waals surface area contributed by atoms with Crippen molar-refractivity contribution in [3.63, 3.8) is 0 Å². The number of guanidine groups is 1. The molecule has 2 N–H and O–H groups in total. The summed E-state index contributed by atoms with van der Waals surface area (Å²) >= 11 is 0. The molecule has 0 aliphatic carbocycles. The fraction of sp³-hybridized carbons (Fsp3) is 0.571. The number of hydrogen-bond donors (Lipinski definition) is 2. The quantitative estimate of drug-likeness (QED) is 0.336. The van der Waals surface area contributed by atoms with E-state index in [4.69, 9.17) is 0 Å². The number of nitrogens with one attached hydrogen (secondary N) is 2. The van der Waals surface area contributed by atoms with Crippen molar-refractivity contribution in [1.82, 2.24) is 25.0 Å². The highest BCUT2D eigenvalue weighted by Gasteiger charge is 2.16. The molecule has 0 unspecified atom stereocenters. The molecule has 31 heavy (non-hydrogen) atoms. The predicted octanol–water partition coefficient (Wildman–Crippen LogP) is 0.973. The molecule has 1 aliphatic heterocycles. The summed E-state index contributed by atoms with van der Waals surface area (Å²) in [5, 5.41) is 11.0. The van der Waals surface area contributed by atoms with Crippen LogP contribution in [0.3, 0.4) is 0 Å². The minimum atomic E-state index is -3.17. The second-order valence-corrected chi connectivity index (χ2v) is 9.75. The zero-order chi connectivity index (χ0) is 22.3. The summed E-state index contributed by atoms with van der Waals surface area (Å²) in [6, 6.07) is 6.95. The van der Waals surface area contributed by atoms with Crippen LogP contribution in [-0.2, 0) is 35.8 Å². The summed E-state index contributed by atoms with van der Waals surface area (Å²) < 4.78 is 26.4. The van der Waals surface area contributed by atoms with E-state index in [1.165, 1.54) is 6.26 Å². The standard InChI is InChI=1S/C21H32N6O3S/c1-3-22-20(24-14-12-17-8-10-18(11-9-17)31(2,29)30)23-13-6-16-27-21(28)26-15-5-4-7-19(26)25-27/h8-11H,3-7,12-16H2,1-2H3,(H2,22,23,24). The van der Waals surface area contributed by atoms with Gasteiger partial charge in [0.2, 0.25) is 0 Å². The lowest BCUT2D eigenvalue weighted by molar-refractivity contribution is 0.509. The third-order valence-corrected chi connectivity index (χ3v) is 6.36. The number of rotatable bonds is 9. The summed E-state index contributed by atoms with van der Waals surface area (Å²) in [7, 11) is -3.17. The van der Waals surface area contributed by atoms with Crippen molar-refractivity contribution in [2.45, 2.75) is 57.0 Å². The maximum atomic E-state index is 12.4. The lowest BCUT2D eigenvalue weighted by Gasteiger charge is -2.11. The lowest BCUT2D eigenvalue weighted by atomic mass is 10.1. The first kappa shape index (κ1) is 23.1. The van der Waals surface area contributed by atoms with Gasteiger partial charge in [0.05, 0.1) is 4.90 Å². The summed E-state index contributed by atoms with van der Waals surface area (Å²) in [6.07, 6.45) is 5.72. The number of benzene rings is 1. The number of hydrogen-bond acceptors (Lipinski definition) is 5. The molecule has 170 valence electrons. The van der Waals surface area contributed by atoms with Crippen LogP contribution in [0.4, 0.5) is 0 Å². The van der Waals surface area contributed by atoms with Crippen LogP contribution in [0, 0.1) is 0 Å². The monoisotopic (exact) mass is 448 g/mol. The van der Waals surface area contributed by atoms with Gasteiger partial charge < -0.3 is 10.6 Å². The van der Waals surface area contributed by atoms with Crippen LogP contribution in [-0.4, -0.2) is 54.6 Å². The number of sulfone groups is 1. The maximum absolute atomic E-state index is 12.4. The second kappa shape index (κ2) is 10.6. The molecular weight excluding hydrogens is 416 g/mol. The Hall–Kier alpha value is -2.62. The first-order chi connectivity index (χ1) is 14.9. The normalized spacial score (nSPS) is 14.3. The number of fused-ring (bicyclic) bond motifs is 1. The molecule has 1 aromatic heterocycles. The molecule has 0 atom stereocenters. The van der Waals surface area contributed by atoms with Crippen molar-refractivity contribution >= 4 is 15.8 Å². The number of aliphatic imine (C=N–C) groups is 1. The largest absolute Gasteiger partial charge is 0.357 e. The molecule has 9 nitrogen and oxygen atoms in total. The summed E-state index contributed by atoms with van der Waals surface area (Å²) in [5.41, 5.74) is 1.05. The van der Waals surface area contributed by atoms with Gasteiger partial charge in [0.25, 0.3) is 0 Å². The first-order valence-corrected chi connectivity index (χ1v) is 12.8. The Labute approximate surface area is 183 Å². The van der Waals surface area contributed by atoms with Crippen LogP contribution in [0.2, 0.25) is 0 Å². The molecule has 0 saturated heterocycles. The Balaban J connectivity index is 1.47. The molecule has 0 saturated carbocycles. The fourth-order valence-corrected chi connectivity index (χ4v) is 4.21. The van der Waals surface area contributed by atoms with Gasteiger partial charge in [0, 0.05) is 45.4 Å². The van der Waals surface area contributed by atoms with Crippen LogP contribution in [0.15, 0.2) is 38.9 Å². The molecule has 3 rings (SSSR count). The van der Waals surface area contributed by atoms with E-state index in [1.54, 1.807) is 21.4 Å². The van der Waals surface area contributed by atoms with Gasteiger partial charge in [-0.2, -0.15) is 5.10 Å². The van der Waals surface area contributed by atoms with E-state index in [9.17, 15) is 13.2 Å². The molecular formula is C21H32N6O3S. The molecule has 0 spiro atoms. The lowest BCUT2D eigenvalue weighted by Crippen LogP contribution is -2.38. The van der Waals surface area contributed by atoms with Crippen LogP contribution in [0.5, 0.6) is 0 Å². The van der Waals surface area contributed by atoms with Crippen molar-refractivity contribution in [3.8, 4) is 0 Å². The van der Waals surface area contributed by atoms with Gasteiger partial charge in [0.1, 0.15) is 5.82 Å². The van der Waals surface area contributed by atoms with Crippen molar-refractivity contribution in [3.05, 3.63) is 46.1 Å². The zero-order valence-electron chi connectivity index (χ0n) is 18.3. The number of nitrogens with zero attached hydrogens (tertiary/aromatic N) is 4. The average molecular weight is 449 g/mol. The van der Waals surface area contributed by atoms with Crippen molar-refractivity contribution in [2.24, 2.45) is 4.99 Å². The van der Waals surface area contributed by atoms with Crippen LogP contribution in [0.25, 0.3) is 0 Å². The van der Waals surface area contributed by atoms with E-state index in [2.05, 4.69) is 20.7 Å². The highest BCUT2D eigenvalue weighted by atomic mass is 32.2. The topological polar surface area (TPSA) is 110 Å². The Morgan fingerprint density at radius 3 is 2.65 bits per heavy atom. The molecule has 0 amide bonds. The van der Waals surface area contributed by atoms with Gasteiger partial charge in [-0.05, 0) is 50.3 Å². The molecule has 0 radical (unpaired) electrons. The van der Waals surface area contributed by atoms with E-state index in [0.717, 1.165) is 62.5 Å². The van der Waals surface area contributed by atoms with E-state index < -0.39 is 9.84 Å². The maximum Gasteiger partial charge on any atom is 0.345 e. The third-order valence-electron chi connectivity index (χ3n) is 5.23. The Bertz CT molecular complexity index is 1050. The molecule has 1 aliphatic rings. The fourth-order valence-electron chi connectivity index (χ4n) is 3.58. The Kier molecular flexibility index (Phi) is 7.89. The number of aromatic nitrogens is 3. The van der Waals surface area contributed by atoms with Crippen LogP contribution in [0.1, 0.15) is 37.6 Å². The number of aryl methyl sites for hydroxylation is 2. The van der Waals surface area contributed by atoms with Crippen LogP contribution >= 0.6 is 0 Å². The molecule has 0 bridgehead atoms. The highest BCUT2D eigenvalue weighted by Crippen LogP contribution is 2.11. The minimum absolute atomic E-state index is 0.00870. The smallest absolute Gasteiger partial charge is 0.345 e. The van der Waals surface area contributed by atoms with E-state index in [-0.39, 0.29) is 5.69 Å². The van der Waals surface area contributed by atoms with E-state index in [1.807, 2.05) is 19.1 Å². The van der Waals surface area contributed by atoms with Gasteiger partial charge in [0.15, 0.2) is 15.8 Å². The minimum Gasteiger partial charge on any atom is -0.357 e. The molecule has 10 heteroatoms.